The summed E-state index contributed by atoms with van der Waals surface area (Å²) in [5.74, 6) is -2.75. The second-order valence-corrected chi connectivity index (χ2v) is 8.85. The smallest absolute Gasteiger partial charge is 0.291 e. The molecule has 1 aliphatic heterocycles. The van der Waals surface area contributed by atoms with Crippen molar-refractivity contribution in [3.05, 3.63) is 70.6 Å². The van der Waals surface area contributed by atoms with Crippen LogP contribution in [-0.4, -0.2) is 59.4 Å². The van der Waals surface area contributed by atoms with E-state index in [0.29, 0.717) is 29.4 Å². The predicted octanol–water partition coefficient (Wildman–Crippen LogP) is 2.62. The van der Waals surface area contributed by atoms with Gasteiger partial charge in [-0.05, 0) is 50.8 Å². The molecular formula is C24H26ClN4O3+. The van der Waals surface area contributed by atoms with Crippen LogP contribution in [0.3, 0.4) is 0 Å². The van der Waals surface area contributed by atoms with Crippen molar-refractivity contribution in [2.75, 3.05) is 27.2 Å². The van der Waals surface area contributed by atoms with Crippen molar-refractivity contribution < 1.29 is 18.8 Å². The molecule has 32 heavy (non-hydrogen) atoms. The molecule has 1 N–H and O–H groups in total. The molecule has 166 valence electrons. The van der Waals surface area contributed by atoms with Gasteiger partial charge in [0.05, 0.1) is 12.2 Å². The Balaban J connectivity index is 1.78. The second-order valence-electron chi connectivity index (χ2n) is 8.41. The number of aromatic amines is 1. The number of amides is 1. The molecule has 7 nitrogen and oxygen atoms in total. The molecule has 1 fully saturated rings. The van der Waals surface area contributed by atoms with E-state index in [1.807, 2.05) is 37.2 Å². The average molecular weight is 454 g/mol. The number of halogens is 1. The minimum absolute atomic E-state index is 0.363. The van der Waals surface area contributed by atoms with E-state index in [-0.39, 0.29) is 5.78 Å². The zero-order valence-corrected chi connectivity index (χ0v) is 19.1. The number of carbonyl (C=O) groups excluding carboxylic acids is 3. The van der Waals surface area contributed by atoms with Gasteiger partial charge in [-0.3, -0.25) is 14.4 Å². The Morgan fingerprint density at radius 3 is 2.56 bits per heavy atom. The fourth-order valence-electron chi connectivity index (χ4n) is 4.44. The topological polar surface area (TPSA) is 77.6 Å². The summed E-state index contributed by atoms with van der Waals surface area (Å²) < 4.78 is 1.74. The lowest BCUT2D eigenvalue weighted by atomic mass is 9.87. The minimum Gasteiger partial charge on any atom is -0.328 e. The third-order valence-electron chi connectivity index (χ3n) is 5.91. The molecule has 1 aliphatic rings. The number of benzene rings is 1. The first-order valence-electron chi connectivity index (χ1n) is 10.6. The number of hydrogen-bond acceptors (Lipinski definition) is 4. The number of aryl methyl sites for hydroxylation is 1. The molecule has 0 aliphatic carbocycles. The van der Waals surface area contributed by atoms with Crippen LogP contribution in [0, 0.1) is 12.8 Å². The summed E-state index contributed by atoms with van der Waals surface area (Å²) in [6.45, 7) is 2.95. The maximum atomic E-state index is 13.8. The van der Waals surface area contributed by atoms with Crippen molar-refractivity contribution in [2.24, 2.45) is 5.92 Å². The fourth-order valence-corrected chi connectivity index (χ4v) is 4.57. The number of Topliss-reactive ketones (excluding diaryl/α,β-unsaturated/α-hetero) is 2. The number of imidazole rings is 1. The maximum Gasteiger partial charge on any atom is 0.291 e. The molecule has 4 rings (SSSR count). The Morgan fingerprint density at radius 2 is 1.88 bits per heavy atom. The number of rotatable bonds is 7. The lowest BCUT2D eigenvalue weighted by molar-refractivity contribution is -0.513. The van der Waals surface area contributed by atoms with Crippen LogP contribution in [0.15, 0.2) is 48.7 Å². The molecule has 3 aromatic rings. The normalized spacial score (nSPS) is 18.8. The highest BCUT2D eigenvalue weighted by atomic mass is 35.5. The summed E-state index contributed by atoms with van der Waals surface area (Å²) in [5, 5.41) is 0.550. The van der Waals surface area contributed by atoms with Gasteiger partial charge in [0, 0.05) is 24.6 Å². The lowest BCUT2D eigenvalue weighted by Crippen LogP contribution is -2.36. The summed E-state index contributed by atoms with van der Waals surface area (Å²) in [4.78, 5) is 46.8. The molecular weight excluding hydrogens is 428 g/mol. The molecule has 8 heteroatoms. The highest BCUT2D eigenvalue weighted by Crippen LogP contribution is 2.38. The van der Waals surface area contributed by atoms with Crippen LogP contribution in [0.4, 0.5) is 0 Å². The van der Waals surface area contributed by atoms with Gasteiger partial charge in [-0.1, -0.05) is 29.8 Å². The Hall–Kier alpha value is -3.03. The van der Waals surface area contributed by atoms with Crippen LogP contribution in [0.1, 0.15) is 34.2 Å². The van der Waals surface area contributed by atoms with E-state index in [1.165, 1.54) is 0 Å². The highest BCUT2D eigenvalue weighted by molar-refractivity contribution is 6.43. The first kappa shape index (κ1) is 22.2. The second kappa shape index (κ2) is 8.84. The van der Waals surface area contributed by atoms with Gasteiger partial charge in [0.2, 0.25) is 17.3 Å². The third kappa shape index (κ3) is 3.94. The molecule has 1 amide bonds. The number of H-pyrrole nitrogens is 1. The molecule has 2 aromatic heterocycles. The number of hydrogen-bond donors (Lipinski definition) is 1. The van der Waals surface area contributed by atoms with Crippen molar-refractivity contribution in [1.82, 2.24) is 14.8 Å². The van der Waals surface area contributed by atoms with E-state index in [0.717, 1.165) is 17.8 Å². The number of nitrogens with zero attached hydrogens (tertiary/aromatic N) is 3. The van der Waals surface area contributed by atoms with Crippen molar-refractivity contribution in [3.63, 3.8) is 0 Å². The van der Waals surface area contributed by atoms with E-state index in [1.54, 1.807) is 46.7 Å². The highest BCUT2D eigenvalue weighted by Gasteiger charge is 2.53. The van der Waals surface area contributed by atoms with Gasteiger partial charge in [-0.15, -0.1) is 0 Å². The van der Waals surface area contributed by atoms with Gasteiger partial charge in [-0.25, -0.2) is 4.98 Å². The maximum absolute atomic E-state index is 13.8. The number of pyridine rings is 1. The molecule has 0 radical (unpaired) electrons. The number of carbonyl (C=O) groups is 3. The van der Waals surface area contributed by atoms with Gasteiger partial charge >= 0.3 is 0 Å². The van der Waals surface area contributed by atoms with Gasteiger partial charge in [0.25, 0.3) is 11.6 Å². The van der Waals surface area contributed by atoms with E-state index in [2.05, 4.69) is 4.98 Å². The first-order valence-corrected chi connectivity index (χ1v) is 11.0. The third-order valence-corrected chi connectivity index (χ3v) is 6.16. The van der Waals surface area contributed by atoms with Crippen molar-refractivity contribution in [3.8, 4) is 0 Å². The molecule has 3 heterocycles. The van der Waals surface area contributed by atoms with E-state index in [9.17, 15) is 14.4 Å². The largest absolute Gasteiger partial charge is 0.328 e. The zero-order chi connectivity index (χ0) is 23.0. The first-order chi connectivity index (χ1) is 15.3. The summed E-state index contributed by atoms with van der Waals surface area (Å²) in [6.07, 6.45) is 2.47. The summed E-state index contributed by atoms with van der Waals surface area (Å²) in [6, 6.07) is 11.9. The summed E-state index contributed by atoms with van der Waals surface area (Å²) in [7, 11) is 3.91. The van der Waals surface area contributed by atoms with E-state index in [4.69, 9.17) is 11.6 Å². The quantitative estimate of drug-likeness (QED) is 0.258. The number of fused-ring (bicyclic) bond motifs is 1. The van der Waals surface area contributed by atoms with Crippen LogP contribution in [0.25, 0.3) is 5.65 Å². The summed E-state index contributed by atoms with van der Waals surface area (Å²) >= 11 is 6.07. The van der Waals surface area contributed by atoms with Crippen molar-refractivity contribution >= 4 is 34.7 Å². The molecule has 1 aromatic carbocycles. The van der Waals surface area contributed by atoms with Crippen LogP contribution >= 0.6 is 11.6 Å². The molecule has 0 saturated carbocycles. The predicted molar refractivity (Wildman–Crippen MR) is 121 cm³/mol. The van der Waals surface area contributed by atoms with Crippen LogP contribution in [0.5, 0.6) is 0 Å². The monoisotopic (exact) mass is 453 g/mol. The Bertz CT molecular complexity index is 1190. The van der Waals surface area contributed by atoms with Gasteiger partial charge < -0.3 is 9.80 Å². The molecule has 2 atom stereocenters. The molecule has 0 spiro atoms. The van der Waals surface area contributed by atoms with Gasteiger partial charge in [-0.2, -0.15) is 4.40 Å². The molecule has 1 saturated heterocycles. The molecule has 0 bridgehead atoms. The van der Waals surface area contributed by atoms with Gasteiger partial charge in [0.1, 0.15) is 11.6 Å². The minimum atomic E-state index is -1.12. The standard InChI is InChI=1S/C24H25ClN4O3/c1-15-20(28-13-5-4-7-18(28)26-15)22(30)19-21(16-8-10-17(25)11-9-16)29(24(32)23(19)31)14-6-12-27(2)3/h4-5,7-11,13,19,21H,6,12,14H2,1-3H3/p+1. The SMILES string of the molecule is Cc1[nH]c2cccc[n+]2c1C(=O)C1C(=O)C(=O)N(CCCN(C)C)C1c1ccc(Cl)cc1. The van der Waals surface area contributed by atoms with Crippen LogP contribution < -0.4 is 4.40 Å². The number of nitrogens with one attached hydrogen (secondary N) is 1. The number of ketones is 2. The van der Waals surface area contributed by atoms with E-state index >= 15 is 0 Å². The Labute approximate surface area is 191 Å². The van der Waals surface area contributed by atoms with Crippen LogP contribution in [0.2, 0.25) is 5.02 Å². The molecule has 2 unspecified atom stereocenters. The Kier molecular flexibility index (Phi) is 6.13. The number of aromatic nitrogens is 2. The van der Waals surface area contributed by atoms with E-state index < -0.39 is 23.7 Å². The Morgan fingerprint density at radius 1 is 1.16 bits per heavy atom. The van der Waals surface area contributed by atoms with Crippen molar-refractivity contribution in [1.29, 1.82) is 0 Å². The van der Waals surface area contributed by atoms with Crippen molar-refractivity contribution in [2.45, 2.75) is 19.4 Å². The summed E-state index contributed by atoms with van der Waals surface area (Å²) in [5.41, 5.74) is 2.51. The fraction of sp³-hybridized carbons (Fsp3) is 0.333. The zero-order valence-electron chi connectivity index (χ0n) is 18.3. The van der Waals surface area contributed by atoms with Gasteiger partial charge in [0.15, 0.2) is 0 Å². The average Bonchev–Trinajstić information content (AvgIpc) is 3.22. The van der Waals surface area contributed by atoms with Crippen LogP contribution in [-0.2, 0) is 9.59 Å². The lowest BCUT2D eigenvalue weighted by Gasteiger charge is -2.27. The number of likely N-dealkylation sites (tertiary alicyclic amines) is 1.